The molecule has 1 aromatic carbocycles. The molecule has 7 nitrogen and oxygen atoms in total. The fourth-order valence-electron chi connectivity index (χ4n) is 4.85. The first-order chi connectivity index (χ1) is 14.5. The topological polar surface area (TPSA) is 81.8 Å². The molecule has 3 aliphatic rings. The van der Waals surface area contributed by atoms with Crippen LogP contribution in [-0.2, 0) is 9.59 Å². The van der Waals surface area contributed by atoms with Gasteiger partial charge in [0.25, 0.3) is 5.91 Å². The van der Waals surface area contributed by atoms with E-state index >= 15 is 0 Å². The van der Waals surface area contributed by atoms with E-state index in [2.05, 4.69) is 15.5 Å². The van der Waals surface area contributed by atoms with Gasteiger partial charge in [-0.2, -0.15) is 0 Å². The van der Waals surface area contributed by atoms with E-state index in [-0.39, 0.29) is 42.7 Å². The lowest BCUT2D eigenvalue weighted by molar-refractivity contribution is -0.131. The largest absolute Gasteiger partial charge is 0.371 e. The lowest BCUT2D eigenvalue weighted by atomic mass is 9.98. The van der Waals surface area contributed by atoms with E-state index in [1.807, 2.05) is 6.07 Å². The molecule has 0 aromatic heterocycles. The number of nitrogens with one attached hydrogen (secondary N) is 2. The van der Waals surface area contributed by atoms with E-state index < -0.39 is 5.54 Å². The summed E-state index contributed by atoms with van der Waals surface area (Å²) in [5.74, 6) is -0.427. The number of piperidine rings is 1. The van der Waals surface area contributed by atoms with Crippen molar-refractivity contribution in [2.45, 2.75) is 62.9 Å². The summed E-state index contributed by atoms with van der Waals surface area (Å²) in [6.07, 6.45) is 5.69. The molecular formula is C22H29FN4O3. The van der Waals surface area contributed by atoms with Crippen molar-refractivity contribution >= 4 is 23.5 Å². The van der Waals surface area contributed by atoms with Crippen LogP contribution in [0.2, 0.25) is 0 Å². The number of anilines is 1. The quantitative estimate of drug-likeness (QED) is 0.699. The smallest absolute Gasteiger partial charge is 0.325 e. The van der Waals surface area contributed by atoms with E-state index in [4.69, 9.17) is 0 Å². The van der Waals surface area contributed by atoms with Gasteiger partial charge in [0.05, 0.1) is 0 Å². The van der Waals surface area contributed by atoms with Crippen LogP contribution in [0.1, 0.15) is 51.4 Å². The van der Waals surface area contributed by atoms with E-state index in [1.165, 1.54) is 17.0 Å². The first-order valence-corrected chi connectivity index (χ1v) is 10.9. The van der Waals surface area contributed by atoms with Crippen LogP contribution in [0.25, 0.3) is 0 Å². The number of nitrogens with zero attached hydrogens (tertiary/aromatic N) is 2. The number of rotatable bonds is 6. The standard InChI is InChI=1S/C22H29FN4O3/c23-16-5-3-6-18(15-16)26-13-8-17(9-14-26)24-19(28)7-4-12-27-20(29)22(25-21(27)30)10-1-2-11-22/h3,5-6,15,17H,1-2,4,7-14H2,(H,24,28)(H,25,30). The summed E-state index contributed by atoms with van der Waals surface area (Å²) in [6.45, 7) is 1.80. The highest BCUT2D eigenvalue weighted by atomic mass is 19.1. The molecule has 2 heterocycles. The Hall–Kier alpha value is -2.64. The molecule has 1 spiro atoms. The van der Waals surface area contributed by atoms with Crippen LogP contribution in [0.4, 0.5) is 14.9 Å². The molecule has 1 aliphatic carbocycles. The van der Waals surface area contributed by atoms with Gasteiger partial charge in [0.15, 0.2) is 0 Å². The maximum atomic E-state index is 13.4. The number of carbonyl (C=O) groups is 3. The zero-order valence-electron chi connectivity index (χ0n) is 17.2. The minimum atomic E-state index is -0.686. The lowest BCUT2D eigenvalue weighted by Crippen LogP contribution is -2.45. The number of imide groups is 1. The van der Waals surface area contributed by atoms with Gasteiger partial charge in [-0.05, 0) is 50.3 Å². The van der Waals surface area contributed by atoms with Crippen molar-refractivity contribution in [2.24, 2.45) is 0 Å². The Morgan fingerprint density at radius 2 is 1.93 bits per heavy atom. The second-order valence-corrected chi connectivity index (χ2v) is 8.59. The average Bonchev–Trinajstić information content (AvgIpc) is 3.29. The highest BCUT2D eigenvalue weighted by Gasteiger charge is 2.52. The highest BCUT2D eigenvalue weighted by molar-refractivity contribution is 6.07. The third-order valence-electron chi connectivity index (χ3n) is 6.52. The Morgan fingerprint density at radius 3 is 2.63 bits per heavy atom. The molecule has 0 radical (unpaired) electrons. The van der Waals surface area contributed by atoms with E-state index in [0.29, 0.717) is 19.3 Å². The van der Waals surface area contributed by atoms with Gasteiger partial charge in [0.2, 0.25) is 5.91 Å². The van der Waals surface area contributed by atoms with Crippen LogP contribution in [0.15, 0.2) is 24.3 Å². The molecule has 2 aliphatic heterocycles. The molecule has 4 rings (SSSR count). The summed E-state index contributed by atoms with van der Waals surface area (Å²) in [6, 6.07) is 6.34. The van der Waals surface area contributed by atoms with Gasteiger partial charge in [-0.25, -0.2) is 9.18 Å². The van der Waals surface area contributed by atoms with Gasteiger partial charge < -0.3 is 15.5 Å². The SMILES string of the molecule is O=C(CCCN1C(=O)NC2(CCCC2)C1=O)NC1CCN(c2cccc(F)c2)CC1. The van der Waals surface area contributed by atoms with E-state index in [1.54, 1.807) is 6.07 Å². The molecule has 1 saturated carbocycles. The van der Waals surface area contributed by atoms with Gasteiger partial charge in [0.1, 0.15) is 11.4 Å². The number of urea groups is 1. The number of amides is 4. The summed E-state index contributed by atoms with van der Waals surface area (Å²) < 4.78 is 13.4. The van der Waals surface area contributed by atoms with Crippen LogP contribution in [0.3, 0.4) is 0 Å². The first kappa shape index (κ1) is 20.6. The molecule has 2 saturated heterocycles. The van der Waals surface area contributed by atoms with E-state index in [0.717, 1.165) is 44.5 Å². The predicted molar refractivity (Wildman–Crippen MR) is 110 cm³/mol. The summed E-state index contributed by atoms with van der Waals surface area (Å²) >= 11 is 0. The number of hydrogen-bond acceptors (Lipinski definition) is 4. The second-order valence-electron chi connectivity index (χ2n) is 8.59. The predicted octanol–water partition coefficient (Wildman–Crippen LogP) is 2.56. The zero-order valence-corrected chi connectivity index (χ0v) is 17.2. The Labute approximate surface area is 176 Å². The Morgan fingerprint density at radius 1 is 1.20 bits per heavy atom. The number of halogens is 1. The molecule has 2 N–H and O–H groups in total. The monoisotopic (exact) mass is 416 g/mol. The van der Waals surface area contributed by atoms with Gasteiger partial charge >= 0.3 is 6.03 Å². The first-order valence-electron chi connectivity index (χ1n) is 10.9. The summed E-state index contributed by atoms with van der Waals surface area (Å²) in [7, 11) is 0. The van der Waals surface area contributed by atoms with Crippen LogP contribution in [-0.4, -0.2) is 54.0 Å². The number of carbonyl (C=O) groups excluding carboxylic acids is 3. The summed E-state index contributed by atoms with van der Waals surface area (Å²) in [5, 5.41) is 5.92. The number of benzene rings is 1. The highest BCUT2D eigenvalue weighted by Crippen LogP contribution is 2.35. The molecule has 8 heteroatoms. The molecule has 0 atom stereocenters. The molecule has 4 amide bonds. The van der Waals surface area contributed by atoms with Gasteiger partial charge in [-0.1, -0.05) is 18.9 Å². The van der Waals surface area contributed by atoms with Gasteiger partial charge in [-0.15, -0.1) is 0 Å². The zero-order chi connectivity index (χ0) is 21.1. The average molecular weight is 416 g/mol. The van der Waals surface area contributed by atoms with Gasteiger partial charge in [0, 0.05) is 37.8 Å². The van der Waals surface area contributed by atoms with Crippen molar-refractivity contribution in [3.8, 4) is 0 Å². The summed E-state index contributed by atoms with van der Waals surface area (Å²) in [4.78, 5) is 40.5. The van der Waals surface area contributed by atoms with Crippen molar-refractivity contribution in [3.63, 3.8) is 0 Å². The third-order valence-corrected chi connectivity index (χ3v) is 6.52. The fraction of sp³-hybridized carbons (Fsp3) is 0.591. The number of hydrogen-bond donors (Lipinski definition) is 2. The Kier molecular flexibility index (Phi) is 5.92. The summed E-state index contributed by atoms with van der Waals surface area (Å²) in [5.41, 5.74) is 0.183. The minimum absolute atomic E-state index is 0.0539. The van der Waals surface area contributed by atoms with Crippen molar-refractivity contribution < 1.29 is 18.8 Å². The normalized spacial score (nSPS) is 21.4. The van der Waals surface area contributed by atoms with Crippen LogP contribution in [0.5, 0.6) is 0 Å². The van der Waals surface area contributed by atoms with Crippen LogP contribution >= 0.6 is 0 Å². The van der Waals surface area contributed by atoms with Crippen molar-refractivity contribution in [1.82, 2.24) is 15.5 Å². The van der Waals surface area contributed by atoms with Crippen LogP contribution < -0.4 is 15.5 Å². The Balaban J connectivity index is 1.18. The third kappa shape index (κ3) is 4.27. The molecular weight excluding hydrogens is 387 g/mol. The molecule has 162 valence electrons. The molecule has 30 heavy (non-hydrogen) atoms. The van der Waals surface area contributed by atoms with Crippen molar-refractivity contribution in [1.29, 1.82) is 0 Å². The lowest BCUT2D eigenvalue weighted by Gasteiger charge is -2.34. The Bertz CT molecular complexity index is 816. The van der Waals surface area contributed by atoms with E-state index in [9.17, 15) is 18.8 Å². The minimum Gasteiger partial charge on any atom is -0.371 e. The van der Waals surface area contributed by atoms with Crippen LogP contribution in [0, 0.1) is 5.82 Å². The van der Waals surface area contributed by atoms with Crippen molar-refractivity contribution in [2.75, 3.05) is 24.5 Å². The molecule has 0 bridgehead atoms. The van der Waals surface area contributed by atoms with Crippen molar-refractivity contribution in [3.05, 3.63) is 30.1 Å². The molecule has 1 aromatic rings. The van der Waals surface area contributed by atoms with Gasteiger partial charge in [-0.3, -0.25) is 14.5 Å². The molecule has 3 fully saturated rings. The fourth-order valence-corrected chi connectivity index (χ4v) is 4.85. The maximum absolute atomic E-state index is 13.4. The maximum Gasteiger partial charge on any atom is 0.325 e. The molecule has 0 unspecified atom stereocenters. The second kappa shape index (κ2) is 8.62.